The van der Waals surface area contributed by atoms with Crippen molar-refractivity contribution >= 4 is 43.7 Å². The topological polar surface area (TPSA) is 56.7 Å². The molecule has 0 N–H and O–H groups in total. The van der Waals surface area contributed by atoms with E-state index in [1.165, 1.54) is 18.2 Å². The Balaban J connectivity index is 1.26. The highest BCUT2D eigenvalue weighted by Crippen LogP contribution is 2.43. The zero-order valence-electron chi connectivity index (χ0n) is 37.6. The molecule has 0 fully saturated rings. The van der Waals surface area contributed by atoms with Gasteiger partial charge in [0.1, 0.15) is 11.2 Å². The molecule has 0 amide bonds. The van der Waals surface area contributed by atoms with Crippen molar-refractivity contribution in [2.24, 2.45) is 0 Å². The van der Waals surface area contributed by atoms with Crippen LogP contribution in [0.2, 0.25) is 0 Å². The van der Waals surface area contributed by atoms with Crippen molar-refractivity contribution in [3.05, 3.63) is 194 Å². The van der Waals surface area contributed by atoms with Gasteiger partial charge in [0.25, 0.3) is 0 Å². The van der Waals surface area contributed by atoms with E-state index in [1.54, 1.807) is 0 Å². The first-order valence-corrected chi connectivity index (χ1v) is 18.1. The Hall–Kier alpha value is -7.63. The summed E-state index contributed by atoms with van der Waals surface area (Å²) in [6, 6.07) is 43.1. The van der Waals surface area contributed by atoms with E-state index in [9.17, 15) is 5.48 Å². The van der Waals surface area contributed by atoms with Crippen LogP contribution in [-0.2, 0) is 0 Å². The van der Waals surface area contributed by atoms with Gasteiger partial charge in [-0.1, -0.05) is 152 Å². The number of hydrogen-bond donors (Lipinski definition) is 0. The monoisotopic (exact) mass is 724 g/mol. The minimum atomic E-state index is -0.418. The molecule has 0 atom stereocenters. The minimum absolute atomic E-state index is 0.0304. The Bertz CT molecular complexity index is 3590. The fourth-order valence-electron chi connectivity index (χ4n) is 7.45. The van der Waals surface area contributed by atoms with E-state index in [0.29, 0.717) is 34.3 Å². The first-order chi connectivity index (χ1) is 31.1. The smallest absolute Gasteiger partial charge is 0.164 e. The van der Waals surface area contributed by atoms with E-state index in [1.807, 2.05) is 115 Å². The second-order valence-corrected chi connectivity index (χ2v) is 13.3. The zero-order valence-corrected chi connectivity index (χ0v) is 29.6. The molecule has 11 aromatic rings. The number of hydrogen-bond acceptors (Lipinski definition) is 4. The average Bonchev–Trinajstić information content (AvgIpc) is 3.88. The van der Waals surface area contributed by atoms with Gasteiger partial charge in [-0.3, -0.25) is 0 Å². The van der Waals surface area contributed by atoms with Gasteiger partial charge < -0.3 is 8.98 Å². The van der Waals surface area contributed by atoms with Crippen molar-refractivity contribution in [1.82, 2.24) is 19.5 Å². The number of furan rings is 1. The van der Waals surface area contributed by atoms with Crippen molar-refractivity contribution in [2.45, 2.75) is 0 Å². The highest BCUT2D eigenvalue weighted by atomic mass is 16.3. The molecule has 262 valence electrons. The van der Waals surface area contributed by atoms with E-state index in [-0.39, 0.29) is 80.9 Å². The summed E-state index contributed by atoms with van der Waals surface area (Å²) < 4.78 is 80.9. The second kappa shape index (κ2) is 13.0. The highest BCUT2D eigenvalue weighted by molar-refractivity contribution is 6.13. The summed E-state index contributed by atoms with van der Waals surface area (Å²) in [5, 5.41) is 2.11. The lowest BCUT2D eigenvalue weighted by molar-refractivity contribution is 0.670. The molecule has 3 heterocycles. The van der Waals surface area contributed by atoms with Crippen LogP contribution in [0.15, 0.2) is 198 Å². The molecule has 0 aliphatic rings. The van der Waals surface area contributed by atoms with Crippen LogP contribution in [0.1, 0.15) is 11.0 Å². The number of aromatic nitrogens is 4. The molecule has 0 bridgehead atoms. The summed E-state index contributed by atoms with van der Waals surface area (Å²) >= 11 is 0. The molecule has 0 saturated heterocycles. The minimum Gasteiger partial charge on any atom is -0.455 e. The average molecular weight is 725 g/mol. The first kappa shape index (κ1) is 24.6. The molecule has 5 nitrogen and oxygen atoms in total. The van der Waals surface area contributed by atoms with Crippen molar-refractivity contribution in [2.75, 3.05) is 0 Å². The van der Waals surface area contributed by atoms with Crippen molar-refractivity contribution < 1.29 is 15.4 Å². The van der Waals surface area contributed by atoms with Crippen LogP contribution in [0.3, 0.4) is 0 Å². The van der Waals surface area contributed by atoms with Gasteiger partial charge in [-0.25, -0.2) is 15.0 Å². The van der Waals surface area contributed by atoms with Crippen molar-refractivity contribution in [1.29, 1.82) is 0 Å². The third kappa shape index (κ3) is 5.29. The molecule has 0 saturated carbocycles. The van der Waals surface area contributed by atoms with Gasteiger partial charge in [-0.15, -0.1) is 0 Å². The largest absolute Gasteiger partial charge is 0.455 e. The normalized spacial score (nSPS) is 13.6. The van der Waals surface area contributed by atoms with E-state index < -0.39 is 6.04 Å². The molecular formula is C51H32N4O. The zero-order chi connectivity index (χ0) is 44.0. The lowest BCUT2D eigenvalue weighted by atomic mass is 9.97. The van der Waals surface area contributed by atoms with Gasteiger partial charge in [0.2, 0.25) is 0 Å². The Morgan fingerprint density at radius 1 is 0.429 bits per heavy atom. The van der Waals surface area contributed by atoms with Crippen LogP contribution in [0, 0.1) is 0 Å². The molecule has 0 aliphatic carbocycles. The third-order valence-electron chi connectivity index (χ3n) is 10.0. The first-order valence-electron chi connectivity index (χ1n) is 22.1. The van der Waals surface area contributed by atoms with Crippen molar-refractivity contribution in [3.8, 4) is 62.1 Å². The lowest BCUT2D eigenvalue weighted by Crippen LogP contribution is -2.02. The molecule has 3 aromatic heterocycles. The standard InChI is InChI=1S/C51H32N4O/c1-4-15-33(16-5-1)36-28-30-47-43(31-36)41-24-14-23-40(48(41)56-47)42-32-37(27-29-46(42)55-44-25-12-10-21-38(44)39-22-11-13-26-45(39)55)51-53-49(34-17-6-2-7-18-34)52-50(54-51)35-19-8-3-9-20-35/h1-32H/i1D,14D,15D,16D,23D,24D,30D,31D. The van der Waals surface area contributed by atoms with Crippen LogP contribution in [0.4, 0.5) is 0 Å². The molecular weight excluding hydrogens is 685 g/mol. The summed E-state index contributed by atoms with van der Waals surface area (Å²) in [5.74, 6) is 1.26. The predicted molar refractivity (Wildman–Crippen MR) is 229 cm³/mol. The molecule has 0 unspecified atom stereocenters. The number of para-hydroxylation sites is 3. The fourth-order valence-corrected chi connectivity index (χ4v) is 7.45. The molecule has 11 rings (SSSR count). The van der Waals surface area contributed by atoms with Gasteiger partial charge >= 0.3 is 0 Å². The molecule has 56 heavy (non-hydrogen) atoms. The Morgan fingerprint density at radius 3 is 1.70 bits per heavy atom. The molecule has 0 aliphatic heterocycles. The number of rotatable bonds is 6. The van der Waals surface area contributed by atoms with E-state index >= 15 is 0 Å². The number of nitrogens with zero attached hydrogens (tertiary/aromatic N) is 4. The van der Waals surface area contributed by atoms with Gasteiger partial charge in [-0.05, 0) is 53.5 Å². The van der Waals surface area contributed by atoms with Gasteiger partial charge in [-0.2, -0.15) is 0 Å². The van der Waals surface area contributed by atoms with E-state index in [4.69, 9.17) is 24.9 Å². The summed E-state index contributed by atoms with van der Waals surface area (Å²) in [5.41, 5.74) is 5.28. The Kier molecular flexibility index (Phi) is 5.74. The Labute approximate surface area is 334 Å². The van der Waals surface area contributed by atoms with Gasteiger partial charge in [0, 0.05) is 49.4 Å². The van der Waals surface area contributed by atoms with Crippen LogP contribution in [0.25, 0.3) is 106 Å². The van der Waals surface area contributed by atoms with Gasteiger partial charge in [0.15, 0.2) is 17.5 Å². The van der Waals surface area contributed by atoms with Gasteiger partial charge in [0.05, 0.1) is 27.7 Å². The Morgan fingerprint density at radius 2 is 1.04 bits per heavy atom. The number of benzene rings is 8. The SMILES string of the molecule is [2H]c1cc([2H])c(-c2cc([2H])c3oc4c(-c5cc(-c6nc(-c7ccccc7)nc(-c7ccccc7)n6)ccc5-n5c6ccccc6c6ccccc65)c([2H])c([2H])c([2H])c4c3c2[2H])c([2H])c1. The molecule has 0 spiro atoms. The van der Waals surface area contributed by atoms with Crippen LogP contribution >= 0.6 is 0 Å². The van der Waals surface area contributed by atoms with Crippen LogP contribution < -0.4 is 0 Å². The van der Waals surface area contributed by atoms with E-state index in [2.05, 4.69) is 16.7 Å². The van der Waals surface area contributed by atoms with Crippen LogP contribution in [-0.4, -0.2) is 19.5 Å². The third-order valence-corrected chi connectivity index (χ3v) is 10.0. The van der Waals surface area contributed by atoms with E-state index in [0.717, 1.165) is 32.9 Å². The maximum Gasteiger partial charge on any atom is 0.164 e. The predicted octanol–water partition coefficient (Wildman–Crippen LogP) is 13.2. The summed E-state index contributed by atoms with van der Waals surface area (Å²) in [6.07, 6.45) is 0. The van der Waals surface area contributed by atoms with Crippen LogP contribution in [0.5, 0.6) is 0 Å². The maximum atomic E-state index is 9.63. The molecule has 0 radical (unpaired) electrons. The molecule has 5 heteroatoms. The number of fused-ring (bicyclic) bond motifs is 6. The van der Waals surface area contributed by atoms with Crippen molar-refractivity contribution in [3.63, 3.8) is 0 Å². The maximum absolute atomic E-state index is 9.63. The lowest BCUT2D eigenvalue weighted by Gasteiger charge is -2.16. The quantitative estimate of drug-likeness (QED) is 0.171. The summed E-state index contributed by atoms with van der Waals surface area (Å²) in [7, 11) is 0. The fraction of sp³-hybridized carbons (Fsp3) is 0. The highest BCUT2D eigenvalue weighted by Gasteiger charge is 2.21. The summed E-state index contributed by atoms with van der Waals surface area (Å²) in [6.45, 7) is 0. The second-order valence-electron chi connectivity index (χ2n) is 13.3. The summed E-state index contributed by atoms with van der Waals surface area (Å²) in [4.78, 5) is 14.9. The molecule has 8 aromatic carbocycles.